The molecular weight excluding hydrogens is 274 g/mol. The van der Waals surface area contributed by atoms with Crippen LogP contribution in [0, 0.1) is 5.82 Å². The standard InChI is InChI=1S/C13H13FN2.2ClH/c14-13-5-3-11(4-6-13)8-16-10-12-2-1-7-15-9-12;;/h1-7,9,16H,8,10H2;2*1H/p-2. The number of benzene rings is 1. The van der Waals surface area contributed by atoms with E-state index in [1.54, 1.807) is 18.3 Å². The van der Waals surface area contributed by atoms with Gasteiger partial charge in [0.25, 0.3) is 0 Å². The monoisotopic (exact) mass is 286 g/mol. The number of halogens is 3. The third-order valence-corrected chi connectivity index (χ3v) is 2.29. The smallest absolute Gasteiger partial charge is 0.123 e. The number of rotatable bonds is 4. The molecule has 2 aromatic rings. The van der Waals surface area contributed by atoms with Gasteiger partial charge in [-0.25, -0.2) is 4.39 Å². The third-order valence-electron chi connectivity index (χ3n) is 2.29. The largest absolute Gasteiger partial charge is 1.00 e. The van der Waals surface area contributed by atoms with Gasteiger partial charge in [0, 0.05) is 25.5 Å². The van der Waals surface area contributed by atoms with Crippen molar-refractivity contribution in [3.8, 4) is 0 Å². The van der Waals surface area contributed by atoms with Crippen LogP contribution in [0.1, 0.15) is 11.1 Å². The lowest BCUT2D eigenvalue weighted by Crippen LogP contribution is -3.00. The molecule has 0 bridgehead atoms. The van der Waals surface area contributed by atoms with Gasteiger partial charge in [-0.2, -0.15) is 0 Å². The van der Waals surface area contributed by atoms with E-state index in [1.165, 1.54) is 12.1 Å². The van der Waals surface area contributed by atoms with Crippen LogP contribution in [0.15, 0.2) is 48.8 Å². The molecule has 0 radical (unpaired) electrons. The molecule has 2 nitrogen and oxygen atoms in total. The molecule has 2 rings (SSSR count). The van der Waals surface area contributed by atoms with Crippen molar-refractivity contribution in [2.75, 3.05) is 0 Å². The Morgan fingerprint density at radius 1 is 0.944 bits per heavy atom. The van der Waals surface area contributed by atoms with Gasteiger partial charge in [0.2, 0.25) is 0 Å². The molecule has 5 heteroatoms. The average Bonchev–Trinajstić information content (AvgIpc) is 2.33. The highest BCUT2D eigenvalue weighted by atomic mass is 35.5. The Morgan fingerprint density at radius 3 is 2.22 bits per heavy atom. The molecule has 0 atom stereocenters. The number of aromatic nitrogens is 1. The molecule has 1 aromatic heterocycles. The van der Waals surface area contributed by atoms with E-state index >= 15 is 0 Å². The van der Waals surface area contributed by atoms with Gasteiger partial charge in [0.15, 0.2) is 0 Å². The maximum atomic E-state index is 12.6. The molecule has 0 fully saturated rings. The molecule has 0 unspecified atom stereocenters. The Kier molecular flexibility index (Phi) is 8.29. The lowest BCUT2D eigenvalue weighted by Gasteiger charge is -2.04. The highest BCUT2D eigenvalue weighted by molar-refractivity contribution is 5.16. The molecule has 0 aliphatic carbocycles. The SMILES string of the molecule is Fc1ccc(CNCc2cccnc2)cc1.[Cl-].[Cl-]. The van der Waals surface area contributed by atoms with Crippen LogP contribution >= 0.6 is 0 Å². The molecular formula is C13H13Cl2FN2-2. The summed E-state index contributed by atoms with van der Waals surface area (Å²) < 4.78 is 12.6. The summed E-state index contributed by atoms with van der Waals surface area (Å²) in [5, 5.41) is 3.27. The Bertz CT molecular complexity index is 435. The second-order valence-electron chi connectivity index (χ2n) is 3.59. The van der Waals surface area contributed by atoms with Crippen molar-refractivity contribution in [2.45, 2.75) is 13.1 Å². The first kappa shape index (κ1) is 16.8. The van der Waals surface area contributed by atoms with Gasteiger partial charge < -0.3 is 30.1 Å². The van der Waals surface area contributed by atoms with Crippen molar-refractivity contribution >= 4 is 0 Å². The van der Waals surface area contributed by atoms with Gasteiger partial charge in [0.1, 0.15) is 5.82 Å². The van der Waals surface area contributed by atoms with Crippen molar-refractivity contribution in [1.82, 2.24) is 10.3 Å². The lowest BCUT2D eigenvalue weighted by molar-refractivity contribution is -0.00100. The van der Waals surface area contributed by atoms with E-state index in [1.807, 2.05) is 18.3 Å². The minimum Gasteiger partial charge on any atom is -1.00 e. The van der Waals surface area contributed by atoms with Crippen molar-refractivity contribution in [2.24, 2.45) is 0 Å². The Morgan fingerprint density at radius 2 is 1.61 bits per heavy atom. The maximum absolute atomic E-state index is 12.6. The molecule has 0 saturated carbocycles. The van der Waals surface area contributed by atoms with Gasteiger partial charge in [-0.15, -0.1) is 0 Å². The first-order valence-electron chi connectivity index (χ1n) is 5.18. The van der Waals surface area contributed by atoms with Crippen molar-refractivity contribution in [3.05, 3.63) is 65.7 Å². The summed E-state index contributed by atoms with van der Waals surface area (Å²) in [6.45, 7) is 1.50. The number of nitrogens with one attached hydrogen (secondary N) is 1. The van der Waals surface area contributed by atoms with E-state index in [-0.39, 0.29) is 30.6 Å². The zero-order valence-corrected chi connectivity index (χ0v) is 11.1. The maximum Gasteiger partial charge on any atom is 0.123 e. The van der Waals surface area contributed by atoms with Crippen molar-refractivity contribution < 1.29 is 29.2 Å². The lowest BCUT2D eigenvalue weighted by atomic mass is 10.2. The summed E-state index contributed by atoms with van der Waals surface area (Å²) in [6, 6.07) is 10.4. The van der Waals surface area contributed by atoms with E-state index in [0.29, 0.717) is 0 Å². The molecule has 0 amide bonds. The quantitative estimate of drug-likeness (QED) is 0.632. The zero-order chi connectivity index (χ0) is 11.2. The Hall–Kier alpha value is -1.16. The average molecular weight is 287 g/mol. The Labute approximate surface area is 118 Å². The summed E-state index contributed by atoms with van der Waals surface area (Å²) in [5.74, 6) is -0.198. The summed E-state index contributed by atoms with van der Waals surface area (Å²) >= 11 is 0. The second kappa shape index (κ2) is 8.86. The number of pyridine rings is 1. The van der Waals surface area contributed by atoms with Crippen LogP contribution in [0.5, 0.6) is 0 Å². The second-order valence-corrected chi connectivity index (χ2v) is 3.59. The van der Waals surface area contributed by atoms with Crippen LogP contribution in [0.25, 0.3) is 0 Å². The summed E-state index contributed by atoms with van der Waals surface area (Å²) in [4.78, 5) is 4.03. The van der Waals surface area contributed by atoms with Gasteiger partial charge in [-0.05, 0) is 29.3 Å². The van der Waals surface area contributed by atoms with E-state index in [9.17, 15) is 4.39 Å². The Balaban J connectivity index is 0.00000144. The molecule has 1 N–H and O–H groups in total. The van der Waals surface area contributed by atoms with Gasteiger partial charge in [-0.3, -0.25) is 4.98 Å². The van der Waals surface area contributed by atoms with E-state index in [0.717, 1.165) is 24.2 Å². The fourth-order valence-electron chi connectivity index (χ4n) is 1.46. The van der Waals surface area contributed by atoms with E-state index in [4.69, 9.17) is 0 Å². The molecule has 0 spiro atoms. The molecule has 18 heavy (non-hydrogen) atoms. The third kappa shape index (κ3) is 5.45. The van der Waals surface area contributed by atoms with E-state index < -0.39 is 0 Å². The van der Waals surface area contributed by atoms with Crippen LogP contribution in [0.2, 0.25) is 0 Å². The van der Waals surface area contributed by atoms with Crippen molar-refractivity contribution in [1.29, 1.82) is 0 Å². The normalized spacial score (nSPS) is 9.17. The van der Waals surface area contributed by atoms with Gasteiger partial charge >= 0.3 is 0 Å². The van der Waals surface area contributed by atoms with Crippen LogP contribution in [-0.2, 0) is 13.1 Å². The molecule has 0 aliphatic rings. The van der Waals surface area contributed by atoms with Crippen LogP contribution < -0.4 is 30.1 Å². The van der Waals surface area contributed by atoms with E-state index in [2.05, 4.69) is 10.3 Å². The molecule has 1 heterocycles. The molecule has 0 aliphatic heterocycles. The number of nitrogens with zero attached hydrogens (tertiary/aromatic N) is 1. The fraction of sp³-hybridized carbons (Fsp3) is 0.154. The fourth-order valence-corrected chi connectivity index (χ4v) is 1.46. The topological polar surface area (TPSA) is 24.9 Å². The predicted octanol–water partition coefficient (Wildman–Crippen LogP) is -3.48. The van der Waals surface area contributed by atoms with Crippen LogP contribution in [0.3, 0.4) is 0 Å². The molecule has 98 valence electrons. The summed E-state index contributed by atoms with van der Waals surface area (Å²) in [6.07, 6.45) is 3.58. The van der Waals surface area contributed by atoms with Crippen molar-refractivity contribution in [3.63, 3.8) is 0 Å². The van der Waals surface area contributed by atoms with Gasteiger partial charge in [0.05, 0.1) is 0 Å². The highest BCUT2D eigenvalue weighted by Gasteiger charge is 1.94. The predicted molar refractivity (Wildman–Crippen MR) is 61.2 cm³/mol. The molecule has 1 aromatic carbocycles. The highest BCUT2D eigenvalue weighted by Crippen LogP contribution is 2.02. The first-order chi connectivity index (χ1) is 7.84. The summed E-state index contributed by atoms with van der Waals surface area (Å²) in [5.41, 5.74) is 2.22. The summed E-state index contributed by atoms with van der Waals surface area (Å²) in [7, 11) is 0. The molecule has 0 saturated heterocycles. The van der Waals surface area contributed by atoms with Crippen LogP contribution in [-0.4, -0.2) is 4.98 Å². The minimum absolute atomic E-state index is 0. The zero-order valence-electron chi connectivity index (χ0n) is 9.61. The first-order valence-corrected chi connectivity index (χ1v) is 5.18. The number of hydrogen-bond donors (Lipinski definition) is 1. The van der Waals surface area contributed by atoms with Crippen LogP contribution in [0.4, 0.5) is 4.39 Å². The van der Waals surface area contributed by atoms with Gasteiger partial charge in [-0.1, -0.05) is 18.2 Å². The minimum atomic E-state index is -0.198. The number of hydrogen-bond acceptors (Lipinski definition) is 2.